The van der Waals surface area contributed by atoms with E-state index in [1.165, 1.54) is 66.6 Å². The topological polar surface area (TPSA) is 96.0 Å². The van der Waals surface area contributed by atoms with Gasteiger partial charge in [-0.25, -0.2) is 12.8 Å². The van der Waals surface area contributed by atoms with E-state index in [4.69, 9.17) is 16.3 Å². The lowest BCUT2D eigenvalue weighted by Crippen LogP contribution is -2.52. The van der Waals surface area contributed by atoms with Gasteiger partial charge in [0.2, 0.25) is 11.8 Å². The van der Waals surface area contributed by atoms with Gasteiger partial charge < -0.3 is 15.0 Å². The van der Waals surface area contributed by atoms with E-state index in [2.05, 4.69) is 5.32 Å². The van der Waals surface area contributed by atoms with Gasteiger partial charge >= 0.3 is 0 Å². The number of ether oxygens (including phenoxy) is 1. The normalized spacial score (nSPS) is 11.9. The molecule has 0 radical (unpaired) electrons. The Morgan fingerprint density at radius 1 is 1.02 bits per heavy atom. The molecule has 3 rings (SSSR count). The van der Waals surface area contributed by atoms with Crippen LogP contribution in [0, 0.1) is 12.7 Å². The average Bonchev–Trinajstić information content (AvgIpc) is 2.92. The summed E-state index contributed by atoms with van der Waals surface area (Å²) >= 11 is 6.33. The van der Waals surface area contributed by atoms with Crippen molar-refractivity contribution >= 4 is 39.1 Å². The number of aryl methyl sites for hydroxylation is 1. The van der Waals surface area contributed by atoms with Crippen LogP contribution in [0.3, 0.4) is 0 Å². The summed E-state index contributed by atoms with van der Waals surface area (Å²) in [6.45, 7) is 5.06. The molecule has 0 saturated carbocycles. The number of benzene rings is 3. The number of sulfonamides is 1. The molecule has 40 heavy (non-hydrogen) atoms. The fourth-order valence-corrected chi connectivity index (χ4v) is 5.83. The van der Waals surface area contributed by atoms with E-state index >= 15 is 0 Å². The molecule has 0 bridgehead atoms. The van der Waals surface area contributed by atoms with Gasteiger partial charge in [0.05, 0.1) is 22.7 Å². The number of halogens is 2. The highest BCUT2D eigenvalue weighted by molar-refractivity contribution is 7.92. The predicted octanol–water partition coefficient (Wildman–Crippen LogP) is 4.93. The molecule has 0 fully saturated rings. The lowest BCUT2D eigenvalue weighted by Gasteiger charge is -2.33. The summed E-state index contributed by atoms with van der Waals surface area (Å²) in [5, 5.41) is 2.90. The molecular weight excluding hydrogens is 557 g/mol. The lowest BCUT2D eigenvalue weighted by atomic mass is 10.1. The van der Waals surface area contributed by atoms with Crippen LogP contribution >= 0.6 is 11.6 Å². The van der Waals surface area contributed by atoms with Crippen LogP contribution in [0.1, 0.15) is 31.4 Å². The number of hydrogen-bond acceptors (Lipinski definition) is 5. The van der Waals surface area contributed by atoms with Gasteiger partial charge in [-0.15, -0.1) is 0 Å². The van der Waals surface area contributed by atoms with Crippen LogP contribution < -0.4 is 14.4 Å². The number of carbonyl (C=O) groups excluding carboxylic acids is 2. The van der Waals surface area contributed by atoms with Gasteiger partial charge in [-0.05, 0) is 68.3 Å². The highest BCUT2D eigenvalue weighted by Gasteiger charge is 2.33. The van der Waals surface area contributed by atoms with Crippen LogP contribution in [0.5, 0.6) is 5.75 Å². The molecule has 11 heteroatoms. The number of hydrogen-bond donors (Lipinski definition) is 1. The summed E-state index contributed by atoms with van der Waals surface area (Å²) in [5.74, 6) is -1.10. The second-order valence-corrected chi connectivity index (χ2v) is 11.4. The number of anilines is 1. The minimum absolute atomic E-state index is 0.0151. The zero-order chi connectivity index (χ0) is 29.4. The van der Waals surface area contributed by atoms with Gasteiger partial charge in [0, 0.05) is 13.1 Å². The Morgan fingerprint density at radius 2 is 1.68 bits per heavy atom. The largest absolute Gasteiger partial charge is 0.495 e. The van der Waals surface area contributed by atoms with E-state index in [1.807, 2.05) is 6.92 Å². The molecule has 0 saturated heterocycles. The Kier molecular flexibility index (Phi) is 10.5. The zero-order valence-corrected chi connectivity index (χ0v) is 24.4. The maximum atomic E-state index is 14.0. The lowest BCUT2D eigenvalue weighted by molar-refractivity contribution is -0.140. The Hall–Kier alpha value is -3.63. The number of nitrogens with one attached hydrogen (secondary N) is 1. The molecule has 0 heterocycles. The molecule has 2 amide bonds. The third-order valence-corrected chi connectivity index (χ3v) is 8.40. The smallest absolute Gasteiger partial charge is 0.264 e. The van der Waals surface area contributed by atoms with E-state index in [-0.39, 0.29) is 34.5 Å². The molecule has 1 N–H and O–H groups in total. The number of nitrogens with zero attached hydrogens (tertiary/aromatic N) is 2. The number of likely N-dealkylation sites (N-methyl/N-ethyl adjacent to an activating group) is 1. The maximum absolute atomic E-state index is 14.0. The summed E-state index contributed by atoms with van der Waals surface area (Å²) in [7, 11) is -2.81. The van der Waals surface area contributed by atoms with Gasteiger partial charge in [0.25, 0.3) is 10.0 Å². The van der Waals surface area contributed by atoms with Gasteiger partial charge in [0.15, 0.2) is 0 Å². The molecule has 0 aliphatic carbocycles. The molecule has 0 aromatic heterocycles. The highest BCUT2D eigenvalue weighted by atomic mass is 35.5. The molecular formula is C29H33ClFN3O5S. The minimum Gasteiger partial charge on any atom is -0.495 e. The first-order valence-electron chi connectivity index (χ1n) is 12.8. The van der Waals surface area contributed by atoms with Crippen LogP contribution in [-0.2, 0) is 26.2 Å². The number of carbonyl (C=O) groups is 2. The molecule has 214 valence electrons. The summed E-state index contributed by atoms with van der Waals surface area (Å²) in [4.78, 5) is 28.2. The van der Waals surface area contributed by atoms with Crippen LogP contribution in [-0.4, -0.2) is 51.4 Å². The molecule has 0 aliphatic heterocycles. The minimum atomic E-state index is -4.24. The van der Waals surface area contributed by atoms with Crippen molar-refractivity contribution < 1.29 is 27.1 Å². The van der Waals surface area contributed by atoms with Gasteiger partial charge in [-0.2, -0.15) is 0 Å². The SMILES string of the molecule is CCNC(=O)C(CC)N(Cc1ccc(F)cc1)C(=O)CN(c1ccc(OC)c(Cl)c1)S(=O)(=O)c1ccc(C)cc1. The van der Waals surface area contributed by atoms with Crippen molar-refractivity contribution in [1.29, 1.82) is 0 Å². The number of amides is 2. The van der Waals surface area contributed by atoms with Crippen LogP contribution in [0.25, 0.3) is 0 Å². The van der Waals surface area contributed by atoms with Crippen LogP contribution in [0.15, 0.2) is 71.6 Å². The standard InChI is InChI=1S/C29H33ClFN3O5S/c1-5-26(29(36)32-6-2)33(18-21-9-11-22(31)12-10-21)28(35)19-34(23-13-16-27(39-4)25(30)17-23)40(37,38)24-14-7-20(3)8-15-24/h7-17,26H,5-6,18-19H2,1-4H3,(H,32,36). The molecule has 3 aromatic carbocycles. The zero-order valence-electron chi connectivity index (χ0n) is 22.9. The monoisotopic (exact) mass is 589 g/mol. The van der Waals surface area contributed by atoms with Crippen molar-refractivity contribution in [3.8, 4) is 5.75 Å². The summed E-state index contributed by atoms with van der Waals surface area (Å²) in [6.07, 6.45) is 0.276. The Morgan fingerprint density at radius 3 is 2.23 bits per heavy atom. The number of rotatable bonds is 12. The van der Waals surface area contributed by atoms with Crippen molar-refractivity contribution in [2.75, 3.05) is 24.5 Å². The Bertz CT molecular complexity index is 1430. The van der Waals surface area contributed by atoms with Crippen molar-refractivity contribution in [2.45, 2.75) is 44.7 Å². The molecule has 8 nitrogen and oxygen atoms in total. The first-order valence-corrected chi connectivity index (χ1v) is 14.6. The third-order valence-electron chi connectivity index (χ3n) is 6.31. The van der Waals surface area contributed by atoms with E-state index in [0.29, 0.717) is 17.9 Å². The van der Waals surface area contributed by atoms with Gasteiger partial charge in [-0.1, -0.05) is 48.4 Å². The Labute approximate surface area is 239 Å². The molecule has 0 spiro atoms. The van der Waals surface area contributed by atoms with Crippen molar-refractivity contribution in [2.24, 2.45) is 0 Å². The fourth-order valence-electron chi connectivity index (χ4n) is 4.17. The van der Waals surface area contributed by atoms with Crippen LogP contribution in [0.2, 0.25) is 5.02 Å². The third kappa shape index (κ3) is 7.31. The van der Waals surface area contributed by atoms with Gasteiger partial charge in [0.1, 0.15) is 24.2 Å². The summed E-state index contributed by atoms with van der Waals surface area (Å²) in [5.41, 5.74) is 1.60. The van der Waals surface area contributed by atoms with E-state index in [0.717, 1.165) is 9.87 Å². The van der Waals surface area contributed by atoms with E-state index in [9.17, 15) is 22.4 Å². The second-order valence-electron chi connectivity index (χ2n) is 9.11. The quantitative estimate of drug-likeness (QED) is 0.323. The summed E-state index contributed by atoms with van der Waals surface area (Å²) in [6, 6.07) is 15.3. The first-order chi connectivity index (χ1) is 19.0. The van der Waals surface area contributed by atoms with Gasteiger partial charge in [-0.3, -0.25) is 13.9 Å². The maximum Gasteiger partial charge on any atom is 0.264 e. The van der Waals surface area contributed by atoms with Crippen molar-refractivity contribution in [1.82, 2.24) is 10.2 Å². The van der Waals surface area contributed by atoms with Crippen LogP contribution in [0.4, 0.5) is 10.1 Å². The van der Waals surface area contributed by atoms with E-state index < -0.39 is 34.3 Å². The fraction of sp³-hybridized carbons (Fsp3) is 0.310. The summed E-state index contributed by atoms with van der Waals surface area (Å²) < 4.78 is 47.5. The Balaban J connectivity index is 2.09. The molecule has 0 aliphatic rings. The highest BCUT2D eigenvalue weighted by Crippen LogP contribution is 2.32. The first kappa shape index (κ1) is 30.9. The number of methoxy groups -OCH3 is 1. The molecule has 1 unspecified atom stereocenters. The van der Waals surface area contributed by atoms with Crippen molar-refractivity contribution in [3.63, 3.8) is 0 Å². The molecule has 3 aromatic rings. The molecule has 1 atom stereocenters. The van der Waals surface area contributed by atoms with Crippen molar-refractivity contribution in [3.05, 3.63) is 88.7 Å². The second kappa shape index (κ2) is 13.6. The average molecular weight is 590 g/mol. The predicted molar refractivity (Wildman–Crippen MR) is 153 cm³/mol. The van der Waals surface area contributed by atoms with E-state index in [1.54, 1.807) is 26.0 Å².